The third-order valence-corrected chi connectivity index (χ3v) is 4.69. The summed E-state index contributed by atoms with van der Waals surface area (Å²) in [4.78, 5) is 3.10. The van der Waals surface area contributed by atoms with E-state index in [0.29, 0.717) is 0 Å². The van der Waals surface area contributed by atoms with Crippen LogP contribution in [0.4, 0.5) is 4.39 Å². The first-order valence-corrected chi connectivity index (χ1v) is 7.87. The predicted molar refractivity (Wildman–Crippen MR) is 78.0 cm³/mol. The average molecular weight is 283 g/mol. The minimum absolute atomic E-state index is 0.133. The summed E-state index contributed by atoms with van der Waals surface area (Å²) in [6.45, 7) is 4.85. The minimum Gasteiger partial charge on any atom is -0.390 e. The van der Waals surface area contributed by atoms with Gasteiger partial charge in [0.2, 0.25) is 0 Å². The zero-order chi connectivity index (χ0) is 13.7. The van der Waals surface area contributed by atoms with E-state index in [4.69, 9.17) is 0 Å². The molecule has 1 heterocycles. The Kier molecular flexibility index (Phi) is 5.25. The van der Waals surface area contributed by atoms with Gasteiger partial charge in [-0.15, -0.1) is 11.8 Å². The van der Waals surface area contributed by atoms with E-state index in [0.717, 1.165) is 49.5 Å². The van der Waals surface area contributed by atoms with Crippen LogP contribution in [0.5, 0.6) is 0 Å². The lowest BCUT2D eigenvalue weighted by molar-refractivity contribution is 0.0449. The third kappa shape index (κ3) is 4.79. The molecule has 2 nitrogen and oxygen atoms in total. The van der Waals surface area contributed by atoms with E-state index in [1.165, 1.54) is 6.07 Å². The van der Waals surface area contributed by atoms with Crippen LogP contribution in [-0.2, 0) is 0 Å². The second-order valence-electron chi connectivity index (χ2n) is 5.47. The molecule has 1 aromatic rings. The monoisotopic (exact) mass is 283 g/mol. The molecule has 0 spiro atoms. The molecule has 4 heteroatoms. The van der Waals surface area contributed by atoms with E-state index in [1.807, 2.05) is 19.1 Å². The molecular weight excluding hydrogens is 261 g/mol. The highest BCUT2D eigenvalue weighted by molar-refractivity contribution is 7.99. The summed E-state index contributed by atoms with van der Waals surface area (Å²) in [5.74, 6) is 0.759. The van der Waals surface area contributed by atoms with Gasteiger partial charge in [-0.2, -0.15) is 0 Å². The van der Waals surface area contributed by atoms with E-state index >= 15 is 0 Å². The Balaban J connectivity index is 1.75. The molecular formula is C15H22FNOS. The normalized spacial score (nSPS) is 25.2. The molecule has 1 atom stereocenters. The summed E-state index contributed by atoms with van der Waals surface area (Å²) in [7, 11) is 0. The van der Waals surface area contributed by atoms with Gasteiger partial charge < -0.3 is 10.0 Å². The largest absolute Gasteiger partial charge is 0.390 e. The highest BCUT2D eigenvalue weighted by Gasteiger charge is 2.24. The molecule has 0 aromatic heterocycles. The van der Waals surface area contributed by atoms with Gasteiger partial charge in [0.05, 0.1) is 5.60 Å². The molecule has 0 bridgehead atoms. The lowest BCUT2D eigenvalue weighted by Crippen LogP contribution is -2.29. The first-order valence-electron chi connectivity index (χ1n) is 6.89. The molecule has 1 saturated heterocycles. The zero-order valence-corrected chi connectivity index (χ0v) is 12.3. The van der Waals surface area contributed by atoms with Crippen molar-refractivity contribution in [3.63, 3.8) is 0 Å². The van der Waals surface area contributed by atoms with Crippen LogP contribution >= 0.6 is 11.8 Å². The van der Waals surface area contributed by atoms with Gasteiger partial charge in [-0.3, -0.25) is 0 Å². The highest BCUT2D eigenvalue weighted by atomic mass is 32.2. The van der Waals surface area contributed by atoms with Crippen LogP contribution in [0.15, 0.2) is 29.2 Å². The van der Waals surface area contributed by atoms with Crippen molar-refractivity contribution in [1.29, 1.82) is 0 Å². The van der Waals surface area contributed by atoms with Gasteiger partial charge in [-0.1, -0.05) is 12.1 Å². The van der Waals surface area contributed by atoms with Crippen molar-refractivity contribution in [2.45, 2.75) is 36.7 Å². The van der Waals surface area contributed by atoms with Crippen LogP contribution in [0.3, 0.4) is 0 Å². The van der Waals surface area contributed by atoms with Crippen LogP contribution in [-0.4, -0.2) is 41.0 Å². The van der Waals surface area contributed by atoms with Gasteiger partial charge in [-0.05, 0) is 44.9 Å². The zero-order valence-electron chi connectivity index (χ0n) is 11.4. The number of hydrogen-bond acceptors (Lipinski definition) is 3. The van der Waals surface area contributed by atoms with Crippen molar-refractivity contribution in [3.05, 3.63) is 30.1 Å². The van der Waals surface area contributed by atoms with E-state index in [2.05, 4.69) is 4.90 Å². The van der Waals surface area contributed by atoms with Crippen LogP contribution in [0, 0.1) is 5.82 Å². The molecule has 0 radical (unpaired) electrons. The summed E-state index contributed by atoms with van der Waals surface area (Å²) in [5.41, 5.74) is -0.507. The summed E-state index contributed by atoms with van der Waals surface area (Å²) in [5, 5.41) is 10.0. The SMILES string of the molecule is CC1(O)CCCN(CCSc2ccccc2F)CC1. The van der Waals surface area contributed by atoms with Crippen molar-refractivity contribution in [3.8, 4) is 0 Å². The lowest BCUT2D eigenvalue weighted by atomic mass is 9.98. The standard InChI is InChI=1S/C15H22FNOS/c1-15(18)7-4-9-17(10-8-15)11-12-19-14-6-3-2-5-13(14)16/h2-3,5-6,18H,4,7-12H2,1H3. The van der Waals surface area contributed by atoms with E-state index < -0.39 is 5.60 Å². The molecule has 0 aliphatic carbocycles. The number of nitrogens with zero attached hydrogens (tertiary/aromatic N) is 1. The third-order valence-electron chi connectivity index (χ3n) is 3.66. The molecule has 0 amide bonds. The van der Waals surface area contributed by atoms with Gasteiger partial charge in [0.25, 0.3) is 0 Å². The number of rotatable bonds is 4. The van der Waals surface area contributed by atoms with Crippen molar-refractivity contribution in [2.24, 2.45) is 0 Å². The summed E-state index contributed by atoms with van der Waals surface area (Å²) in [6, 6.07) is 6.92. The fraction of sp³-hybridized carbons (Fsp3) is 0.600. The fourth-order valence-corrected chi connectivity index (χ4v) is 3.34. The summed E-state index contributed by atoms with van der Waals surface area (Å²) in [6.07, 6.45) is 2.75. The average Bonchev–Trinajstić information content (AvgIpc) is 2.53. The maximum absolute atomic E-state index is 13.5. The van der Waals surface area contributed by atoms with Crippen LogP contribution < -0.4 is 0 Å². The smallest absolute Gasteiger partial charge is 0.136 e. The molecule has 2 rings (SSSR count). The minimum atomic E-state index is -0.507. The number of thioether (sulfide) groups is 1. The molecule has 1 aromatic carbocycles. The summed E-state index contributed by atoms with van der Waals surface area (Å²) >= 11 is 1.57. The second-order valence-corrected chi connectivity index (χ2v) is 6.61. The molecule has 1 fully saturated rings. The number of benzene rings is 1. The molecule has 19 heavy (non-hydrogen) atoms. The van der Waals surface area contributed by atoms with Crippen LogP contribution in [0.2, 0.25) is 0 Å². The van der Waals surface area contributed by atoms with Crippen molar-refractivity contribution >= 4 is 11.8 Å². The predicted octanol–water partition coefficient (Wildman–Crippen LogP) is 3.15. The molecule has 106 valence electrons. The van der Waals surface area contributed by atoms with Gasteiger partial charge in [-0.25, -0.2) is 4.39 Å². The number of likely N-dealkylation sites (tertiary alicyclic amines) is 1. The Morgan fingerprint density at radius 1 is 1.32 bits per heavy atom. The fourth-order valence-electron chi connectivity index (χ4n) is 2.39. The Morgan fingerprint density at radius 2 is 2.11 bits per heavy atom. The van der Waals surface area contributed by atoms with Gasteiger partial charge in [0.15, 0.2) is 0 Å². The van der Waals surface area contributed by atoms with E-state index in [1.54, 1.807) is 17.8 Å². The Labute approximate surface area is 119 Å². The maximum atomic E-state index is 13.5. The van der Waals surface area contributed by atoms with Crippen LogP contribution in [0.25, 0.3) is 0 Å². The van der Waals surface area contributed by atoms with Crippen molar-refractivity contribution in [1.82, 2.24) is 4.90 Å². The van der Waals surface area contributed by atoms with Gasteiger partial charge in [0, 0.05) is 23.7 Å². The first-order chi connectivity index (χ1) is 9.07. The van der Waals surface area contributed by atoms with Gasteiger partial charge >= 0.3 is 0 Å². The molecule has 1 unspecified atom stereocenters. The Bertz CT molecular complexity index is 411. The molecule has 0 saturated carbocycles. The molecule has 1 aliphatic heterocycles. The second kappa shape index (κ2) is 6.73. The van der Waals surface area contributed by atoms with Crippen LogP contribution in [0.1, 0.15) is 26.2 Å². The van der Waals surface area contributed by atoms with E-state index in [-0.39, 0.29) is 5.82 Å². The maximum Gasteiger partial charge on any atom is 0.136 e. The van der Waals surface area contributed by atoms with Crippen molar-refractivity contribution in [2.75, 3.05) is 25.4 Å². The first kappa shape index (κ1) is 14.8. The highest BCUT2D eigenvalue weighted by Crippen LogP contribution is 2.23. The summed E-state index contributed by atoms with van der Waals surface area (Å²) < 4.78 is 13.5. The molecule has 1 N–H and O–H groups in total. The molecule has 1 aliphatic rings. The van der Waals surface area contributed by atoms with Gasteiger partial charge in [0.1, 0.15) is 5.82 Å². The number of hydrogen-bond donors (Lipinski definition) is 1. The number of halogens is 1. The lowest BCUT2D eigenvalue weighted by Gasteiger charge is -2.22. The topological polar surface area (TPSA) is 23.5 Å². The van der Waals surface area contributed by atoms with Crippen molar-refractivity contribution < 1.29 is 9.50 Å². The Hall–Kier alpha value is -0.580. The number of aliphatic hydroxyl groups is 1. The quantitative estimate of drug-likeness (QED) is 0.859. The Morgan fingerprint density at radius 3 is 2.89 bits per heavy atom. The van der Waals surface area contributed by atoms with E-state index in [9.17, 15) is 9.50 Å².